The maximum absolute atomic E-state index is 13.2. The number of para-hydroxylation sites is 2. The number of hydrogen-bond acceptors (Lipinski definition) is 4. The molecule has 5 heteroatoms. The molecule has 0 atom stereocenters. The summed E-state index contributed by atoms with van der Waals surface area (Å²) in [5.74, 6) is 0.469. The van der Waals surface area contributed by atoms with E-state index in [1.54, 1.807) is 28.8 Å². The summed E-state index contributed by atoms with van der Waals surface area (Å²) in [6.07, 6.45) is 0.766. The highest BCUT2D eigenvalue weighted by molar-refractivity contribution is 5.99. The van der Waals surface area contributed by atoms with Gasteiger partial charge in [0.2, 0.25) is 0 Å². The minimum atomic E-state index is -0.481. The number of aromatic nitrogens is 2. The molecule has 4 aromatic rings. The Hall–Kier alpha value is -3.73. The summed E-state index contributed by atoms with van der Waals surface area (Å²) < 4.78 is 7.24. The Morgan fingerprint density at radius 1 is 0.967 bits per heavy atom. The van der Waals surface area contributed by atoms with Crippen molar-refractivity contribution in [3.05, 3.63) is 94.3 Å². The lowest BCUT2D eigenvalue weighted by atomic mass is 10.0. The minimum Gasteiger partial charge on any atom is -0.423 e. The molecule has 0 fully saturated rings. The van der Waals surface area contributed by atoms with Crippen LogP contribution in [-0.2, 0) is 6.54 Å². The molecule has 1 heterocycles. The van der Waals surface area contributed by atoms with E-state index < -0.39 is 5.97 Å². The van der Waals surface area contributed by atoms with Gasteiger partial charge in [-0.3, -0.25) is 9.36 Å². The highest BCUT2D eigenvalue weighted by Gasteiger charge is 2.22. The van der Waals surface area contributed by atoms with Gasteiger partial charge in [-0.05, 0) is 49.2 Å². The predicted molar refractivity (Wildman–Crippen MR) is 118 cm³/mol. The molecule has 30 heavy (non-hydrogen) atoms. The van der Waals surface area contributed by atoms with Crippen molar-refractivity contribution in [1.29, 1.82) is 0 Å². The van der Waals surface area contributed by atoms with Gasteiger partial charge < -0.3 is 4.74 Å². The Morgan fingerprint density at radius 2 is 1.70 bits per heavy atom. The molecule has 150 valence electrons. The molecule has 0 saturated carbocycles. The van der Waals surface area contributed by atoms with Crippen LogP contribution in [0.25, 0.3) is 22.3 Å². The van der Waals surface area contributed by atoms with E-state index in [-0.39, 0.29) is 5.56 Å². The highest BCUT2D eigenvalue weighted by Crippen LogP contribution is 2.28. The molecular formula is C25H22N2O3. The van der Waals surface area contributed by atoms with Crippen LogP contribution in [0.1, 0.15) is 29.3 Å². The molecule has 0 aliphatic rings. The van der Waals surface area contributed by atoms with Gasteiger partial charge in [-0.25, -0.2) is 9.78 Å². The zero-order valence-electron chi connectivity index (χ0n) is 17.0. The standard InChI is InChI=1S/C25H22N2O3/c1-3-16-27-23(26-21-15-8-7-13-19(21)24(27)28)22-17(2)10-9-14-20(22)25(29)30-18-11-5-4-6-12-18/h4-15H,3,16H2,1-2H3. The van der Waals surface area contributed by atoms with E-state index in [1.165, 1.54) is 0 Å². The molecule has 0 bridgehead atoms. The molecule has 0 amide bonds. The second-order valence-electron chi connectivity index (χ2n) is 7.11. The van der Waals surface area contributed by atoms with Gasteiger partial charge in [-0.15, -0.1) is 0 Å². The molecule has 0 unspecified atom stereocenters. The fourth-order valence-electron chi connectivity index (χ4n) is 3.58. The third-order valence-corrected chi connectivity index (χ3v) is 4.98. The van der Waals surface area contributed by atoms with Crippen molar-refractivity contribution in [3.8, 4) is 17.1 Å². The van der Waals surface area contributed by atoms with E-state index in [9.17, 15) is 9.59 Å². The molecule has 0 N–H and O–H groups in total. The Labute approximate surface area is 174 Å². The first kappa shape index (κ1) is 19.6. The Balaban J connectivity index is 1.93. The second kappa shape index (κ2) is 8.33. The molecule has 3 aromatic carbocycles. The van der Waals surface area contributed by atoms with Crippen LogP contribution in [0.4, 0.5) is 0 Å². The quantitative estimate of drug-likeness (QED) is 0.351. The molecule has 0 spiro atoms. The molecule has 1 aromatic heterocycles. The Kier molecular flexibility index (Phi) is 5.44. The van der Waals surface area contributed by atoms with Gasteiger partial charge in [0.15, 0.2) is 0 Å². The van der Waals surface area contributed by atoms with Crippen molar-refractivity contribution < 1.29 is 9.53 Å². The number of carbonyl (C=O) groups excluding carboxylic acids is 1. The summed E-state index contributed by atoms with van der Waals surface area (Å²) in [6.45, 7) is 4.42. The molecule has 0 aliphatic carbocycles. The molecular weight excluding hydrogens is 376 g/mol. The molecule has 0 saturated heterocycles. The summed E-state index contributed by atoms with van der Waals surface area (Å²) in [5.41, 5.74) is 2.35. The third kappa shape index (κ3) is 3.62. The number of nitrogens with zero attached hydrogens (tertiary/aromatic N) is 2. The van der Waals surface area contributed by atoms with Gasteiger partial charge in [0.05, 0.1) is 16.5 Å². The van der Waals surface area contributed by atoms with E-state index in [0.717, 1.165) is 12.0 Å². The fourth-order valence-corrected chi connectivity index (χ4v) is 3.58. The Morgan fingerprint density at radius 3 is 2.47 bits per heavy atom. The van der Waals surface area contributed by atoms with Crippen LogP contribution in [0, 0.1) is 6.92 Å². The smallest absolute Gasteiger partial charge is 0.344 e. The first-order valence-corrected chi connectivity index (χ1v) is 9.97. The first-order valence-electron chi connectivity index (χ1n) is 9.97. The summed E-state index contributed by atoms with van der Waals surface area (Å²) in [6, 6.07) is 21.7. The van der Waals surface area contributed by atoms with Crippen molar-refractivity contribution in [2.24, 2.45) is 0 Å². The lowest BCUT2D eigenvalue weighted by Crippen LogP contribution is -2.24. The minimum absolute atomic E-state index is 0.108. The average Bonchev–Trinajstić information content (AvgIpc) is 2.76. The lowest BCUT2D eigenvalue weighted by Gasteiger charge is -2.17. The number of aryl methyl sites for hydroxylation is 1. The molecule has 0 radical (unpaired) electrons. The topological polar surface area (TPSA) is 61.2 Å². The highest BCUT2D eigenvalue weighted by atomic mass is 16.5. The summed E-state index contributed by atoms with van der Waals surface area (Å²) in [5, 5.41) is 0.566. The van der Waals surface area contributed by atoms with E-state index in [1.807, 2.05) is 62.4 Å². The predicted octanol–water partition coefficient (Wildman–Crippen LogP) is 5.00. The van der Waals surface area contributed by atoms with E-state index in [4.69, 9.17) is 9.72 Å². The lowest BCUT2D eigenvalue weighted by molar-refractivity contribution is 0.0735. The number of hydrogen-bond donors (Lipinski definition) is 0. The average molecular weight is 398 g/mol. The van der Waals surface area contributed by atoms with Crippen LogP contribution >= 0.6 is 0 Å². The molecule has 0 aliphatic heterocycles. The number of esters is 1. The zero-order chi connectivity index (χ0) is 21.1. The third-order valence-electron chi connectivity index (χ3n) is 4.98. The molecule has 4 rings (SSSR count). The van der Waals surface area contributed by atoms with Crippen molar-refractivity contribution in [2.45, 2.75) is 26.8 Å². The van der Waals surface area contributed by atoms with Gasteiger partial charge >= 0.3 is 5.97 Å². The number of rotatable bonds is 5. The summed E-state index contributed by atoms with van der Waals surface area (Å²) in [4.78, 5) is 31.0. The van der Waals surface area contributed by atoms with Crippen molar-refractivity contribution in [2.75, 3.05) is 0 Å². The maximum Gasteiger partial charge on any atom is 0.344 e. The van der Waals surface area contributed by atoms with Gasteiger partial charge in [0.25, 0.3) is 5.56 Å². The number of ether oxygens (including phenoxy) is 1. The SMILES string of the molecule is CCCn1c(-c2c(C)cccc2C(=O)Oc2ccccc2)nc2ccccc2c1=O. The van der Waals surface area contributed by atoms with Gasteiger partial charge in [0, 0.05) is 12.1 Å². The van der Waals surface area contributed by atoms with Crippen LogP contribution < -0.4 is 10.3 Å². The van der Waals surface area contributed by atoms with Crippen LogP contribution in [0.15, 0.2) is 77.6 Å². The van der Waals surface area contributed by atoms with Crippen molar-refractivity contribution in [3.63, 3.8) is 0 Å². The maximum atomic E-state index is 13.2. The van der Waals surface area contributed by atoms with E-state index in [0.29, 0.717) is 40.1 Å². The fraction of sp³-hybridized carbons (Fsp3) is 0.160. The summed E-state index contributed by atoms with van der Waals surface area (Å²) >= 11 is 0. The van der Waals surface area contributed by atoms with Crippen LogP contribution in [0.3, 0.4) is 0 Å². The van der Waals surface area contributed by atoms with Crippen LogP contribution in [0.5, 0.6) is 5.75 Å². The van der Waals surface area contributed by atoms with Gasteiger partial charge in [0.1, 0.15) is 11.6 Å². The van der Waals surface area contributed by atoms with Gasteiger partial charge in [-0.1, -0.05) is 49.4 Å². The van der Waals surface area contributed by atoms with Gasteiger partial charge in [-0.2, -0.15) is 0 Å². The normalized spacial score (nSPS) is 10.9. The number of fused-ring (bicyclic) bond motifs is 1. The van der Waals surface area contributed by atoms with Crippen molar-refractivity contribution in [1.82, 2.24) is 9.55 Å². The first-order chi connectivity index (χ1) is 14.6. The molecule has 5 nitrogen and oxygen atoms in total. The van der Waals surface area contributed by atoms with E-state index in [2.05, 4.69) is 0 Å². The number of carbonyl (C=O) groups is 1. The van der Waals surface area contributed by atoms with Crippen LogP contribution in [-0.4, -0.2) is 15.5 Å². The number of benzene rings is 3. The monoisotopic (exact) mass is 398 g/mol. The summed E-state index contributed by atoms with van der Waals surface area (Å²) in [7, 11) is 0. The van der Waals surface area contributed by atoms with Crippen LogP contribution in [0.2, 0.25) is 0 Å². The zero-order valence-corrected chi connectivity index (χ0v) is 17.0. The second-order valence-corrected chi connectivity index (χ2v) is 7.11. The van der Waals surface area contributed by atoms with E-state index >= 15 is 0 Å². The largest absolute Gasteiger partial charge is 0.423 e. The van der Waals surface area contributed by atoms with Crippen molar-refractivity contribution >= 4 is 16.9 Å². The Bertz CT molecular complexity index is 1280.